The molecule has 1 fully saturated rings. The van der Waals surface area contributed by atoms with Gasteiger partial charge in [0.05, 0.1) is 6.10 Å². The second-order valence-corrected chi connectivity index (χ2v) is 5.62. The number of ether oxygens (including phenoxy) is 1. The van der Waals surface area contributed by atoms with Crippen molar-refractivity contribution in [3.05, 3.63) is 12.2 Å². The van der Waals surface area contributed by atoms with Crippen molar-refractivity contribution < 1.29 is 19.4 Å². The van der Waals surface area contributed by atoms with E-state index in [-0.39, 0.29) is 24.7 Å². The molecular formula is C16H28N2O4. The van der Waals surface area contributed by atoms with Crippen molar-refractivity contribution in [3.63, 3.8) is 0 Å². The molecule has 2 N–H and O–H groups in total. The van der Waals surface area contributed by atoms with Crippen molar-refractivity contribution in [2.75, 3.05) is 19.8 Å². The Morgan fingerprint density at radius 1 is 1.45 bits per heavy atom. The van der Waals surface area contributed by atoms with Crippen molar-refractivity contribution in [1.82, 2.24) is 10.2 Å². The largest absolute Gasteiger partial charge is 0.480 e. The molecule has 0 aliphatic carbocycles. The average molecular weight is 312 g/mol. The van der Waals surface area contributed by atoms with Gasteiger partial charge in [-0.1, -0.05) is 26.0 Å². The van der Waals surface area contributed by atoms with E-state index in [2.05, 4.69) is 11.4 Å². The van der Waals surface area contributed by atoms with Gasteiger partial charge >= 0.3 is 5.97 Å². The third-order valence-electron chi connectivity index (χ3n) is 3.99. The van der Waals surface area contributed by atoms with Gasteiger partial charge in [0.15, 0.2) is 0 Å². The van der Waals surface area contributed by atoms with Crippen molar-refractivity contribution in [1.29, 1.82) is 0 Å². The van der Waals surface area contributed by atoms with Crippen LogP contribution in [-0.4, -0.2) is 53.8 Å². The molecule has 0 saturated carbocycles. The summed E-state index contributed by atoms with van der Waals surface area (Å²) in [6.45, 7) is 7.23. The zero-order valence-electron chi connectivity index (χ0n) is 13.7. The van der Waals surface area contributed by atoms with Gasteiger partial charge in [0, 0.05) is 19.5 Å². The Bertz CT molecular complexity index is 398. The van der Waals surface area contributed by atoms with Crippen LogP contribution >= 0.6 is 0 Å². The van der Waals surface area contributed by atoms with Crippen LogP contribution in [0.3, 0.4) is 0 Å². The van der Waals surface area contributed by atoms with Gasteiger partial charge < -0.3 is 15.2 Å². The Labute approximate surface area is 132 Å². The molecule has 0 bridgehead atoms. The third-order valence-corrected chi connectivity index (χ3v) is 3.99. The predicted octanol–water partition coefficient (Wildman–Crippen LogP) is 1.62. The number of hydrogen-bond donors (Lipinski definition) is 2. The van der Waals surface area contributed by atoms with Gasteiger partial charge in [-0.15, -0.1) is 0 Å². The minimum Gasteiger partial charge on any atom is -0.480 e. The summed E-state index contributed by atoms with van der Waals surface area (Å²) in [5.74, 6) is -0.544. The number of aliphatic carboxylic acids is 1. The van der Waals surface area contributed by atoms with E-state index < -0.39 is 12.0 Å². The number of amides is 1. The minimum atomic E-state index is -0.777. The highest BCUT2D eigenvalue weighted by atomic mass is 16.5. The third kappa shape index (κ3) is 5.77. The first-order chi connectivity index (χ1) is 10.5. The lowest BCUT2D eigenvalue weighted by atomic mass is 10.1. The molecule has 1 aliphatic rings. The molecule has 1 rings (SSSR count). The molecule has 1 saturated heterocycles. The lowest BCUT2D eigenvalue weighted by molar-refractivity contribution is -0.142. The lowest BCUT2D eigenvalue weighted by Gasteiger charge is -2.26. The van der Waals surface area contributed by atoms with Gasteiger partial charge in [0.25, 0.3) is 0 Å². The molecule has 0 aromatic carbocycles. The number of allylic oxidation sites excluding steroid dienone is 1. The fourth-order valence-corrected chi connectivity index (χ4v) is 2.74. The molecule has 0 radical (unpaired) electrons. The topological polar surface area (TPSA) is 78.9 Å². The number of carboxylic acids is 1. The van der Waals surface area contributed by atoms with Crippen LogP contribution in [0.25, 0.3) is 0 Å². The van der Waals surface area contributed by atoms with Crippen LogP contribution in [0.5, 0.6) is 0 Å². The zero-order chi connectivity index (χ0) is 16.5. The number of nitrogens with one attached hydrogen (secondary N) is 1. The van der Waals surface area contributed by atoms with Gasteiger partial charge in [-0.25, -0.2) is 0 Å². The molecule has 0 aromatic heterocycles. The summed E-state index contributed by atoms with van der Waals surface area (Å²) in [5.41, 5.74) is 0. The molecule has 3 atom stereocenters. The Kier molecular flexibility index (Phi) is 8.12. The van der Waals surface area contributed by atoms with Gasteiger partial charge in [-0.2, -0.15) is 0 Å². The van der Waals surface area contributed by atoms with Gasteiger partial charge in [-0.05, 0) is 25.7 Å². The second kappa shape index (κ2) is 9.58. The molecule has 0 spiro atoms. The fraction of sp³-hybridized carbons (Fsp3) is 0.750. The maximum Gasteiger partial charge on any atom is 0.320 e. The van der Waals surface area contributed by atoms with E-state index in [0.29, 0.717) is 19.4 Å². The summed E-state index contributed by atoms with van der Waals surface area (Å²) in [6.07, 6.45) is 5.81. The predicted molar refractivity (Wildman–Crippen MR) is 84.4 cm³/mol. The van der Waals surface area contributed by atoms with Crippen LogP contribution in [0.1, 0.15) is 40.0 Å². The standard InChI is InChI=1S/C16H28N2O4/c1-4-7-12-8-14(16(20)21)18(9-12)10-13(5-2)22-11-17-15(19)6-3/h4,7,12-14H,5-6,8-11H2,1-3H3,(H,17,19)(H,20,21)/t12-,13?,14-/m1/s1. The molecule has 126 valence electrons. The summed E-state index contributed by atoms with van der Waals surface area (Å²) in [6, 6.07) is -0.455. The van der Waals surface area contributed by atoms with E-state index in [4.69, 9.17) is 4.74 Å². The monoisotopic (exact) mass is 312 g/mol. The lowest BCUT2D eigenvalue weighted by Crippen LogP contribution is -2.42. The number of nitrogens with zero attached hydrogens (tertiary/aromatic N) is 1. The maximum atomic E-state index is 11.4. The van der Waals surface area contributed by atoms with Crippen molar-refractivity contribution in [2.24, 2.45) is 5.92 Å². The number of carbonyl (C=O) groups is 2. The number of carbonyl (C=O) groups excluding carboxylic acids is 1. The van der Waals surface area contributed by atoms with Crippen LogP contribution in [0, 0.1) is 5.92 Å². The number of hydrogen-bond acceptors (Lipinski definition) is 4. The van der Waals surface area contributed by atoms with Crippen molar-refractivity contribution in [3.8, 4) is 0 Å². The number of carboxylic acid groups (broad SMARTS) is 1. The molecule has 6 nitrogen and oxygen atoms in total. The van der Waals surface area contributed by atoms with Crippen molar-refractivity contribution >= 4 is 11.9 Å². The first-order valence-corrected chi connectivity index (χ1v) is 7.99. The SMILES string of the molecule is CC=C[C@@H]1C[C@H](C(=O)O)N(CC(CC)OCNC(=O)CC)C1. The quantitative estimate of drug-likeness (QED) is 0.499. The Morgan fingerprint density at radius 3 is 2.73 bits per heavy atom. The van der Waals surface area contributed by atoms with E-state index in [1.54, 1.807) is 6.92 Å². The molecule has 1 amide bonds. The molecular weight excluding hydrogens is 284 g/mol. The molecule has 1 aliphatic heterocycles. The van der Waals surface area contributed by atoms with Gasteiger partial charge in [0.2, 0.25) is 5.91 Å². The fourth-order valence-electron chi connectivity index (χ4n) is 2.74. The molecule has 6 heteroatoms. The van der Waals surface area contributed by atoms with E-state index in [9.17, 15) is 14.7 Å². The van der Waals surface area contributed by atoms with Crippen LogP contribution < -0.4 is 5.32 Å². The Hall–Kier alpha value is -1.40. The molecule has 0 aromatic rings. The summed E-state index contributed by atoms with van der Waals surface area (Å²) < 4.78 is 5.66. The summed E-state index contributed by atoms with van der Waals surface area (Å²) in [5, 5.41) is 12.1. The normalized spacial score (nSPS) is 23.8. The smallest absolute Gasteiger partial charge is 0.320 e. The Morgan fingerprint density at radius 2 is 2.18 bits per heavy atom. The number of likely N-dealkylation sites (tertiary alicyclic amines) is 1. The van der Waals surface area contributed by atoms with Gasteiger partial charge in [-0.3, -0.25) is 14.5 Å². The van der Waals surface area contributed by atoms with E-state index in [1.807, 2.05) is 24.8 Å². The first kappa shape index (κ1) is 18.6. The average Bonchev–Trinajstić information content (AvgIpc) is 2.89. The summed E-state index contributed by atoms with van der Waals surface area (Å²) >= 11 is 0. The van der Waals surface area contributed by atoms with Crippen LogP contribution in [-0.2, 0) is 14.3 Å². The highest BCUT2D eigenvalue weighted by Gasteiger charge is 2.36. The van der Waals surface area contributed by atoms with Crippen LogP contribution in [0.4, 0.5) is 0 Å². The van der Waals surface area contributed by atoms with E-state index >= 15 is 0 Å². The summed E-state index contributed by atoms with van der Waals surface area (Å²) in [7, 11) is 0. The molecule has 22 heavy (non-hydrogen) atoms. The van der Waals surface area contributed by atoms with E-state index in [1.165, 1.54) is 0 Å². The van der Waals surface area contributed by atoms with Crippen LogP contribution in [0.15, 0.2) is 12.2 Å². The van der Waals surface area contributed by atoms with E-state index in [0.717, 1.165) is 13.0 Å². The van der Waals surface area contributed by atoms with Crippen LogP contribution in [0.2, 0.25) is 0 Å². The number of rotatable bonds is 9. The highest BCUT2D eigenvalue weighted by molar-refractivity contribution is 5.75. The molecule has 1 heterocycles. The van der Waals surface area contributed by atoms with Gasteiger partial charge in [0.1, 0.15) is 12.8 Å². The second-order valence-electron chi connectivity index (χ2n) is 5.62. The first-order valence-electron chi connectivity index (χ1n) is 7.99. The molecule has 1 unspecified atom stereocenters. The van der Waals surface area contributed by atoms with Crippen molar-refractivity contribution in [2.45, 2.75) is 52.2 Å². The highest BCUT2D eigenvalue weighted by Crippen LogP contribution is 2.25. The maximum absolute atomic E-state index is 11.4. The minimum absolute atomic E-state index is 0.0485. The summed E-state index contributed by atoms with van der Waals surface area (Å²) in [4.78, 5) is 24.6. The Balaban J connectivity index is 2.52. The zero-order valence-corrected chi connectivity index (χ0v) is 13.7.